The first-order valence-electron chi connectivity index (χ1n) is 5.28. The molecule has 0 heterocycles. The van der Waals surface area contributed by atoms with Crippen LogP contribution in [0.5, 0.6) is 0 Å². The second-order valence-corrected chi connectivity index (χ2v) is 4.93. The maximum absolute atomic E-state index is 5.93. The average molecular weight is 169 g/mol. The van der Waals surface area contributed by atoms with Gasteiger partial charge in [0.05, 0.1) is 0 Å². The van der Waals surface area contributed by atoms with E-state index in [9.17, 15) is 0 Å². The van der Waals surface area contributed by atoms with Gasteiger partial charge in [-0.3, -0.25) is 0 Å². The van der Waals surface area contributed by atoms with E-state index in [-0.39, 0.29) is 0 Å². The van der Waals surface area contributed by atoms with Crippen LogP contribution in [0.4, 0.5) is 0 Å². The van der Waals surface area contributed by atoms with E-state index >= 15 is 0 Å². The Morgan fingerprint density at radius 3 is 2.08 bits per heavy atom. The highest BCUT2D eigenvalue weighted by Gasteiger charge is 2.44. The second-order valence-electron chi connectivity index (χ2n) is 4.93. The minimum atomic E-state index is 0.443. The predicted octanol–water partition coefficient (Wildman–Crippen LogP) is 2.94. The van der Waals surface area contributed by atoms with E-state index < -0.39 is 0 Å². The maximum atomic E-state index is 5.93. The Hall–Kier alpha value is -0.0400. The van der Waals surface area contributed by atoms with Gasteiger partial charge in [-0.15, -0.1) is 0 Å². The molecule has 0 aromatic carbocycles. The molecule has 0 aromatic rings. The molecule has 1 aliphatic rings. The molecule has 1 heteroatoms. The standard InChI is InChI=1S/C11H23N/c1-4-10(2,3)11(9-12)7-5-6-8-11/h4-9,12H2,1-3H3. The third kappa shape index (κ3) is 1.39. The molecule has 0 spiro atoms. The molecule has 0 unspecified atom stereocenters. The molecule has 0 aromatic heterocycles. The van der Waals surface area contributed by atoms with Crippen molar-refractivity contribution >= 4 is 0 Å². The third-order valence-electron chi connectivity index (χ3n) is 4.27. The average Bonchev–Trinajstić information content (AvgIpc) is 2.53. The molecule has 72 valence electrons. The molecule has 0 bridgehead atoms. The number of hydrogen-bond donors (Lipinski definition) is 1. The van der Waals surface area contributed by atoms with Crippen molar-refractivity contribution in [2.75, 3.05) is 6.54 Å². The first-order chi connectivity index (χ1) is 5.58. The Labute approximate surface area is 76.7 Å². The topological polar surface area (TPSA) is 26.0 Å². The molecule has 1 rings (SSSR count). The Morgan fingerprint density at radius 2 is 1.75 bits per heavy atom. The minimum absolute atomic E-state index is 0.443. The molecule has 0 amide bonds. The molecule has 0 atom stereocenters. The van der Waals surface area contributed by atoms with Gasteiger partial charge in [-0.1, -0.05) is 40.0 Å². The summed E-state index contributed by atoms with van der Waals surface area (Å²) in [6, 6.07) is 0. The van der Waals surface area contributed by atoms with Crippen LogP contribution in [0.2, 0.25) is 0 Å². The highest BCUT2D eigenvalue weighted by molar-refractivity contribution is 4.96. The highest BCUT2D eigenvalue weighted by atomic mass is 14.6. The van der Waals surface area contributed by atoms with Crippen molar-refractivity contribution in [1.82, 2.24) is 0 Å². The lowest BCUT2D eigenvalue weighted by Gasteiger charge is -2.43. The van der Waals surface area contributed by atoms with E-state index in [0.717, 1.165) is 6.54 Å². The van der Waals surface area contributed by atoms with Crippen LogP contribution in [-0.2, 0) is 0 Å². The van der Waals surface area contributed by atoms with Gasteiger partial charge < -0.3 is 5.73 Å². The summed E-state index contributed by atoms with van der Waals surface area (Å²) in [5, 5.41) is 0. The lowest BCUT2D eigenvalue weighted by molar-refractivity contribution is 0.0790. The molecule has 0 saturated heterocycles. The zero-order valence-electron chi connectivity index (χ0n) is 8.82. The molecular formula is C11H23N. The fourth-order valence-corrected chi connectivity index (χ4v) is 2.58. The van der Waals surface area contributed by atoms with E-state index in [2.05, 4.69) is 20.8 Å². The smallest absolute Gasteiger partial charge is 0.00154 e. The Kier molecular flexibility index (Phi) is 2.82. The highest BCUT2D eigenvalue weighted by Crippen LogP contribution is 2.51. The number of rotatable bonds is 3. The van der Waals surface area contributed by atoms with E-state index in [1.807, 2.05) is 0 Å². The Balaban J connectivity index is 2.78. The van der Waals surface area contributed by atoms with Crippen LogP contribution in [0, 0.1) is 10.8 Å². The Bertz CT molecular complexity index is 143. The van der Waals surface area contributed by atoms with Gasteiger partial charge in [0.25, 0.3) is 0 Å². The van der Waals surface area contributed by atoms with Crippen molar-refractivity contribution in [2.24, 2.45) is 16.6 Å². The van der Waals surface area contributed by atoms with Crippen molar-refractivity contribution in [2.45, 2.75) is 52.9 Å². The van der Waals surface area contributed by atoms with Gasteiger partial charge >= 0.3 is 0 Å². The van der Waals surface area contributed by atoms with Gasteiger partial charge in [-0.2, -0.15) is 0 Å². The van der Waals surface area contributed by atoms with Crippen molar-refractivity contribution < 1.29 is 0 Å². The summed E-state index contributed by atoms with van der Waals surface area (Å²) in [6.07, 6.45) is 6.74. The molecule has 0 radical (unpaired) electrons. The summed E-state index contributed by atoms with van der Waals surface area (Å²) in [5.74, 6) is 0. The fraction of sp³-hybridized carbons (Fsp3) is 1.00. The van der Waals surface area contributed by atoms with Gasteiger partial charge in [0.1, 0.15) is 0 Å². The van der Waals surface area contributed by atoms with Gasteiger partial charge in [-0.25, -0.2) is 0 Å². The molecule has 1 aliphatic carbocycles. The number of nitrogens with two attached hydrogens (primary N) is 1. The van der Waals surface area contributed by atoms with E-state index in [4.69, 9.17) is 5.73 Å². The molecule has 0 aliphatic heterocycles. The van der Waals surface area contributed by atoms with E-state index in [1.165, 1.54) is 32.1 Å². The summed E-state index contributed by atoms with van der Waals surface area (Å²) in [6.45, 7) is 7.93. The maximum Gasteiger partial charge on any atom is -0.00154 e. The zero-order valence-corrected chi connectivity index (χ0v) is 8.82. The van der Waals surface area contributed by atoms with Crippen molar-refractivity contribution in [3.8, 4) is 0 Å². The Morgan fingerprint density at radius 1 is 1.25 bits per heavy atom. The van der Waals surface area contributed by atoms with Crippen LogP contribution >= 0.6 is 0 Å². The van der Waals surface area contributed by atoms with Crippen LogP contribution in [-0.4, -0.2) is 6.54 Å². The normalized spacial score (nSPS) is 23.0. The lowest BCUT2D eigenvalue weighted by atomic mass is 9.63. The first kappa shape index (κ1) is 10.0. The quantitative estimate of drug-likeness (QED) is 0.690. The summed E-state index contributed by atoms with van der Waals surface area (Å²) in [4.78, 5) is 0. The SMILES string of the molecule is CCC(C)(C)C1(CN)CCCC1. The fourth-order valence-electron chi connectivity index (χ4n) is 2.58. The molecule has 12 heavy (non-hydrogen) atoms. The first-order valence-corrected chi connectivity index (χ1v) is 5.28. The predicted molar refractivity (Wildman–Crippen MR) is 54.0 cm³/mol. The molecular weight excluding hydrogens is 146 g/mol. The third-order valence-corrected chi connectivity index (χ3v) is 4.27. The summed E-state index contributed by atoms with van der Waals surface area (Å²) in [7, 11) is 0. The van der Waals surface area contributed by atoms with Crippen molar-refractivity contribution in [3.05, 3.63) is 0 Å². The second kappa shape index (κ2) is 3.37. The van der Waals surface area contributed by atoms with Crippen molar-refractivity contribution in [1.29, 1.82) is 0 Å². The lowest BCUT2D eigenvalue weighted by Crippen LogP contribution is -2.41. The zero-order chi connectivity index (χ0) is 9.24. The number of hydrogen-bond acceptors (Lipinski definition) is 1. The van der Waals surface area contributed by atoms with Gasteiger partial charge in [0, 0.05) is 0 Å². The monoisotopic (exact) mass is 169 g/mol. The summed E-state index contributed by atoms with van der Waals surface area (Å²) in [5.41, 5.74) is 6.83. The van der Waals surface area contributed by atoms with E-state index in [0.29, 0.717) is 10.8 Å². The largest absolute Gasteiger partial charge is 0.330 e. The van der Waals surface area contributed by atoms with Gasteiger partial charge in [0.2, 0.25) is 0 Å². The van der Waals surface area contributed by atoms with Crippen LogP contribution in [0.1, 0.15) is 52.9 Å². The molecule has 1 fully saturated rings. The van der Waals surface area contributed by atoms with E-state index in [1.54, 1.807) is 0 Å². The molecule has 1 nitrogen and oxygen atoms in total. The summed E-state index contributed by atoms with van der Waals surface area (Å²) >= 11 is 0. The van der Waals surface area contributed by atoms with Crippen LogP contribution < -0.4 is 5.73 Å². The molecule has 2 N–H and O–H groups in total. The van der Waals surface area contributed by atoms with Crippen LogP contribution in [0.25, 0.3) is 0 Å². The molecule has 1 saturated carbocycles. The van der Waals surface area contributed by atoms with Gasteiger partial charge in [-0.05, 0) is 30.2 Å². The van der Waals surface area contributed by atoms with Gasteiger partial charge in [0.15, 0.2) is 0 Å². The van der Waals surface area contributed by atoms with Crippen LogP contribution in [0.15, 0.2) is 0 Å². The van der Waals surface area contributed by atoms with Crippen LogP contribution in [0.3, 0.4) is 0 Å². The summed E-state index contributed by atoms with van der Waals surface area (Å²) < 4.78 is 0. The van der Waals surface area contributed by atoms with Crippen molar-refractivity contribution in [3.63, 3.8) is 0 Å². The minimum Gasteiger partial charge on any atom is -0.330 e.